The van der Waals surface area contributed by atoms with E-state index in [4.69, 9.17) is 9.47 Å². The summed E-state index contributed by atoms with van der Waals surface area (Å²) in [5.41, 5.74) is 1.14. The number of nitrogens with zero attached hydrogens (tertiary/aromatic N) is 5. The number of fused-ring (bicyclic) bond motifs is 1. The van der Waals surface area contributed by atoms with Crippen LogP contribution in [-0.2, 0) is 30.9 Å². The molecule has 3 aromatic rings. The van der Waals surface area contributed by atoms with Gasteiger partial charge in [0.1, 0.15) is 47.5 Å². The normalized spacial score (nSPS) is 22.3. The summed E-state index contributed by atoms with van der Waals surface area (Å²) in [6.07, 6.45) is -2.26. The largest absolute Gasteiger partial charge is 0.480 e. The molecule has 4 rings (SSSR count). The Morgan fingerprint density at radius 1 is 1.15 bits per heavy atom. The van der Waals surface area contributed by atoms with Gasteiger partial charge in [0.25, 0.3) is 0 Å². The number of aromatic nitrogens is 4. The molecule has 1 aliphatic heterocycles. The number of carboxylic acids is 1. The fourth-order valence-electron chi connectivity index (χ4n) is 4.54. The summed E-state index contributed by atoms with van der Waals surface area (Å²) in [6, 6.07) is 8.30. The van der Waals surface area contributed by atoms with E-state index >= 15 is 0 Å². The number of anilines is 1. The molecule has 2 unspecified atom stereocenters. The lowest BCUT2D eigenvalue weighted by molar-refractivity contribution is -0.138. The molecule has 1 aromatic carbocycles. The molecule has 4 N–H and O–H groups in total. The minimum absolute atomic E-state index is 0.0736. The van der Waals surface area contributed by atoms with Crippen molar-refractivity contribution in [2.75, 3.05) is 30.5 Å². The minimum Gasteiger partial charge on any atom is -0.480 e. The second-order valence-corrected chi connectivity index (χ2v) is 13.3. The van der Waals surface area contributed by atoms with Crippen LogP contribution in [0.25, 0.3) is 11.2 Å². The van der Waals surface area contributed by atoms with E-state index in [1.54, 1.807) is 30.2 Å². The van der Waals surface area contributed by atoms with Gasteiger partial charge in [-0.25, -0.2) is 24.5 Å². The average molecular weight is 590 g/mol. The predicted molar refractivity (Wildman–Crippen MR) is 154 cm³/mol. The number of ether oxygens (including phenoxy) is 2. The first kappa shape index (κ1) is 30.5. The number of rotatable bonds is 10. The van der Waals surface area contributed by atoms with E-state index in [0.717, 1.165) is 5.56 Å². The molecular formula is C27H37N6O7S+. The number of carbonyl (C=O) groups is 2. The van der Waals surface area contributed by atoms with E-state index < -0.39 is 59.1 Å². The second-order valence-electron chi connectivity index (χ2n) is 11.1. The topological polar surface area (TPSA) is 172 Å². The number of hydrogen-bond donors (Lipinski definition) is 4. The number of carbonyl (C=O) groups excluding carboxylic acids is 1. The monoisotopic (exact) mass is 589 g/mol. The summed E-state index contributed by atoms with van der Waals surface area (Å²) in [4.78, 5) is 39.3. The fourth-order valence-corrected chi connectivity index (χ4v) is 7.01. The van der Waals surface area contributed by atoms with Crippen molar-refractivity contribution in [1.82, 2.24) is 24.8 Å². The van der Waals surface area contributed by atoms with Crippen LogP contribution in [0.15, 0.2) is 43.0 Å². The Hall–Kier alpha value is -3.46. The number of amides is 1. The van der Waals surface area contributed by atoms with Gasteiger partial charge in [0.15, 0.2) is 29.3 Å². The van der Waals surface area contributed by atoms with Crippen molar-refractivity contribution >= 4 is 39.9 Å². The van der Waals surface area contributed by atoms with Gasteiger partial charge in [0.05, 0.1) is 6.33 Å². The number of alkyl carbamates (subject to hydrolysis) is 1. The van der Waals surface area contributed by atoms with E-state index in [0.29, 0.717) is 22.7 Å². The zero-order valence-electron chi connectivity index (χ0n) is 23.7. The third kappa shape index (κ3) is 7.44. The number of nitrogens with one attached hydrogen (secondary N) is 1. The molecule has 1 fully saturated rings. The highest BCUT2D eigenvalue weighted by atomic mass is 32.2. The standard InChI is InChI=1S/C27H36N6O7S/c1-27(2,3)40-26(38)31-17(25(36)37)12-41(11-16-9-7-6-8-10-16)13-18-20(34)21(35)24(39-18)33-15-30-19-22(32(4)5)28-14-29-23(19)33/h6-10,14-15,17-18,20-21,24,34-35H,11-13H2,1-5H3,(H-,31,36,37,38)/p+1/t17-,18+,20-,21?,24+,41?/m0/s1. The molecule has 1 aliphatic rings. The molecule has 14 heteroatoms. The number of imidazole rings is 1. The first-order valence-corrected chi connectivity index (χ1v) is 14.8. The van der Waals surface area contributed by atoms with E-state index in [2.05, 4.69) is 20.3 Å². The van der Waals surface area contributed by atoms with Gasteiger partial charge in [0.2, 0.25) is 0 Å². The fraction of sp³-hybridized carbons (Fsp3) is 0.519. The zero-order chi connectivity index (χ0) is 29.9. The highest BCUT2D eigenvalue weighted by molar-refractivity contribution is 7.96. The molecule has 0 spiro atoms. The summed E-state index contributed by atoms with van der Waals surface area (Å²) < 4.78 is 13.0. The Kier molecular flexibility index (Phi) is 9.37. The molecule has 0 aliphatic carbocycles. The number of hydrogen-bond acceptors (Lipinski definition) is 10. The minimum atomic E-state index is -1.28. The van der Waals surface area contributed by atoms with Gasteiger partial charge in [-0.15, -0.1) is 0 Å². The van der Waals surface area contributed by atoms with Crippen molar-refractivity contribution in [3.63, 3.8) is 0 Å². The van der Waals surface area contributed by atoms with Crippen LogP contribution in [0.5, 0.6) is 0 Å². The highest BCUT2D eigenvalue weighted by Crippen LogP contribution is 2.34. The Bertz CT molecular complexity index is 1350. The second kappa shape index (κ2) is 12.6. The lowest BCUT2D eigenvalue weighted by Crippen LogP contribution is -2.48. The maximum absolute atomic E-state index is 12.4. The van der Waals surface area contributed by atoms with Crippen LogP contribution in [0, 0.1) is 0 Å². The van der Waals surface area contributed by atoms with E-state index in [1.807, 2.05) is 44.4 Å². The number of aliphatic carboxylic acids is 1. The van der Waals surface area contributed by atoms with Crippen molar-refractivity contribution in [3.8, 4) is 0 Å². The molecule has 0 radical (unpaired) electrons. The maximum Gasteiger partial charge on any atom is 0.408 e. The van der Waals surface area contributed by atoms with E-state index in [9.17, 15) is 24.9 Å². The van der Waals surface area contributed by atoms with Gasteiger partial charge in [0, 0.05) is 19.7 Å². The SMILES string of the molecule is CN(C)c1ncnc2c1ncn2[C@@H]1O[C@H](C[S+](Cc2ccccc2)C[C@H](NC(=O)OC(C)(C)C)C(=O)O)[C@H](O)C1O. The quantitative estimate of drug-likeness (QED) is 0.251. The average Bonchev–Trinajstić information content (AvgIpc) is 3.44. The van der Waals surface area contributed by atoms with E-state index in [1.165, 1.54) is 12.7 Å². The predicted octanol–water partition coefficient (Wildman–Crippen LogP) is 1.31. The Labute approximate surface area is 240 Å². The number of aliphatic hydroxyl groups excluding tert-OH is 2. The molecule has 1 amide bonds. The number of carboxylic acid groups (broad SMARTS) is 1. The highest BCUT2D eigenvalue weighted by Gasteiger charge is 2.48. The summed E-state index contributed by atoms with van der Waals surface area (Å²) in [7, 11) is 2.97. The van der Waals surface area contributed by atoms with Gasteiger partial charge in [-0.3, -0.25) is 4.57 Å². The summed E-state index contributed by atoms with van der Waals surface area (Å²) in [5.74, 6) is 0.202. The van der Waals surface area contributed by atoms with Crippen LogP contribution in [0.3, 0.4) is 0 Å². The molecule has 1 saturated heterocycles. The smallest absolute Gasteiger partial charge is 0.408 e. The zero-order valence-corrected chi connectivity index (χ0v) is 24.5. The van der Waals surface area contributed by atoms with Crippen LogP contribution < -0.4 is 10.2 Å². The maximum atomic E-state index is 12.4. The molecule has 3 heterocycles. The van der Waals surface area contributed by atoms with Crippen molar-refractivity contribution < 1.29 is 34.4 Å². The summed E-state index contributed by atoms with van der Waals surface area (Å²) in [6.45, 7) is 5.08. The van der Waals surface area contributed by atoms with Crippen LogP contribution in [0.1, 0.15) is 32.6 Å². The number of benzene rings is 1. The van der Waals surface area contributed by atoms with Gasteiger partial charge >= 0.3 is 12.1 Å². The summed E-state index contributed by atoms with van der Waals surface area (Å²) in [5, 5.41) is 34.4. The molecule has 13 nitrogen and oxygen atoms in total. The van der Waals surface area contributed by atoms with Crippen molar-refractivity contribution in [3.05, 3.63) is 48.5 Å². The molecule has 222 valence electrons. The molecule has 2 aromatic heterocycles. The number of aliphatic hydroxyl groups is 2. The van der Waals surface area contributed by atoms with E-state index in [-0.39, 0.29) is 11.5 Å². The Morgan fingerprint density at radius 3 is 2.49 bits per heavy atom. The van der Waals surface area contributed by atoms with Crippen LogP contribution >= 0.6 is 0 Å². The van der Waals surface area contributed by atoms with Crippen molar-refractivity contribution in [2.45, 2.75) is 62.7 Å². The first-order chi connectivity index (χ1) is 19.3. The van der Waals surface area contributed by atoms with Gasteiger partial charge in [-0.2, -0.15) is 0 Å². The lowest BCUT2D eigenvalue weighted by atomic mass is 10.1. The Morgan fingerprint density at radius 2 is 1.85 bits per heavy atom. The summed E-state index contributed by atoms with van der Waals surface area (Å²) >= 11 is 0. The van der Waals surface area contributed by atoms with Crippen LogP contribution in [0.4, 0.5) is 10.6 Å². The van der Waals surface area contributed by atoms with Crippen LogP contribution in [-0.4, -0.2) is 102 Å². The third-order valence-corrected chi connectivity index (χ3v) is 8.73. The van der Waals surface area contributed by atoms with Gasteiger partial charge in [-0.05, 0) is 31.7 Å². The molecular weight excluding hydrogens is 552 g/mol. The first-order valence-electron chi connectivity index (χ1n) is 13.1. The molecule has 0 saturated carbocycles. The van der Waals surface area contributed by atoms with Gasteiger partial charge in [-0.1, -0.05) is 30.3 Å². The van der Waals surface area contributed by atoms with Crippen molar-refractivity contribution in [2.24, 2.45) is 0 Å². The lowest BCUT2D eigenvalue weighted by Gasteiger charge is -2.23. The van der Waals surface area contributed by atoms with Crippen LogP contribution in [0.2, 0.25) is 0 Å². The Balaban J connectivity index is 1.55. The van der Waals surface area contributed by atoms with Crippen molar-refractivity contribution in [1.29, 1.82) is 0 Å². The van der Waals surface area contributed by atoms with Gasteiger partial charge < -0.3 is 35.0 Å². The molecule has 6 atom stereocenters. The molecule has 41 heavy (non-hydrogen) atoms. The third-order valence-electron chi connectivity index (χ3n) is 6.38. The molecule has 0 bridgehead atoms.